The lowest BCUT2D eigenvalue weighted by Crippen LogP contribution is -2.22. The van der Waals surface area contributed by atoms with Crippen molar-refractivity contribution in [1.82, 2.24) is 44.9 Å². The highest BCUT2D eigenvalue weighted by Gasteiger charge is 2.19. The Morgan fingerprint density at radius 3 is 2.32 bits per heavy atom. The van der Waals surface area contributed by atoms with E-state index in [1.54, 1.807) is 45.8 Å². The standard InChI is InChI=1S/C29H19ClN10O/c30-21-9-11-22(12-10-21)39-27(18-6-4-17(5-7-18)20-8-13-25(31)32-15-20)34-28-24(29(39)41)16-33-40(28)23-3-1-2-19(14-23)26-35-37-38-36-26/h1-16H,(H2,31,32)(H,35,36,37,38). The summed E-state index contributed by atoms with van der Waals surface area (Å²) in [4.78, 5) is 23.2. The molecule has 0 aliphatic carbocycles. The summed E-state index contributed by atoms with van der Waals surface area (Å²) < 4.78 is 3.20. The van der Waals surface area contributed by atoms with Crippen LogP contribution in [0.4, 0.5) is 5.82 Å². The van der Waals surface area contributed by atoms with Crippen LogP contribution >= 0.6 is 11.6 Å². The molecule has 0 amide bonds. The SMILES string of the molecule is Nc1ccc(-c2ccc(-c3nc4c(cnn4-c4cccc(-c5nnn[nH]5)c4)c(=O)n3-c3ccc(Cl)cc3)cc2)cn1. The molecular weight excluding hydrogens is 540 g/mol. The number of nitrogens with two attached hydrogens (primary N) is 1. The molecule has 0 radical (unpaired) electrons. The van der Waals surface area contributed by atoms with Crippen LogP contribution in [0.1, 0.15) is 0 Å². The zero-order valence-corrected chi connectivity index (χ0v) is 21.9. The lowest BCUT2D eigenvalue weighted by atomic mass is 10.0. The average molecular weight is 559 g/mol. The number of rotatable bonds is 5. The minimum Gasteiger partial charge on any atom is -0.384 e. The van der Waals surface area contributed by atoms with E-state index in [1.165, 1.54) is 6.20 Å². The lowest BCUT2D eigenvalue weighted by Gasteiger charge is -2.14. The van der Waals surface area contributed by atoms with Gasteiger partial charge in [-0.3, -0.25) is 9.36 Å². The molecule has 0 saturated carbocycles. The second-order valence-electron chi connectivity index (χ2n) is 9.20. The number of halogens is 1. The van der Waals surface area contributed by atoms with E-state index < -0.39 is 0 Å². The molecule has 0 bridgehead atoms. The van der Waals surface area contributed by atoms with Gasteiger partial charge in [0.2, 0.25) is 0 Å². The molecule has 41 heavy (non-hydrogen) atoms. The third kappa shape index (κ3) is 4.39. The van der Waals surface area contributed by atoms with Gasteiger partial charge in [-0.2, -0.15) is 5.10 Å². The van der Waals surface area contributed by atoms with E-state index in [4.69, 9.17) is 22.3 Å². The van der Waals surface area contributed by atoms with Gasteiger partial charge in [-0.1, -0.05) is 48.0 Å². The number of hydrogen-bond donors (Lipinski definition) is 2. The first kappa shape index (κ1) is 24.4. The second kappa shape index (κ2) is 9.81. The largest absolute Gasteiger partial charge is 0.384 e. The summed E-state index contributed by atoms with van der Waals surface area (Å²) in [6.45, 7) is 0. The lowest BCUT2D eigenvalue weighted by molar-refractivity contribution is 0.881. The predicted molar refractivity (Wildman–Crippen MR) is 156 cm³/mol. The van der Waals surface area contributed by atoms with Gasteiger partial charge < -0.3 is 5.73 Å². The molecule has 12 heteroatoms. The molecule has 0 aliphatic rings. The van der Waals surface area contributed by atoms with E-state index in [-0.39, 0.29) is 5.56 Å². The average Bonchev–Trinajstić information content (AvgIpc) is 3.70. The number of fused-ring (bicyclic) bond motifs is 1. The minimum absolute atomic E-state index is 0.263. The number of nitrogens with one attached hydrogen (secondary N) is 1. The Hall–Kier alpha value is -5.68. The Bertz CT molecular complexity index is 2070. The van der Waals surface area contributed by atoms with E-state index in [0.717, 1.165) is 22.3 Å². The Balaban J connectivity index is 1.42. The molecule has 3 N–H and O–H groups in total. The van der Waals surface area contributed by atoms with Crippen LogP contribution < -0.4 is 11.3 Å². The van der Waals surface area contributed by atoms with E-state index in [2.05, 4.69) is 30.7 Å². The highest BCUT2D eigenvalue weighted by molar-refractivity contribution is 6.30. The number of aromatic amines is 1. The highest BCUT2D eigenvalue weighted by Crippen LogP contribution is 2.28. The van der Waals surface area contributed by atoms with E-state index in [0.29, 0.717) is 44.9 Å². The number of pyridine rings is 1. The molecule has 0 aliphatic heterocycles. The normalized spacial score (nSPS) is 11.2. The van der Waals surface area contributed by atoms with Crippen molar-refractivity contribution in [3.63, 3.8) is 0 Å². The number of nitrogens with zero attached hydrogens (tertiary/aromatic N) is 8. The Kier molecular flexibility index (Phi) is 5.83. The van der Waals surface area contributed by atoms with Gasteiger partial charge in [0.1, 0.15) is 17.0 Å². The molecule has 4 heterocycles. The molecule has 0 spiro atoms. The summed E-state index contributed by atoms with van der Waals surface area (Å²) in [7, 11) is 0. The van der Waals surface area contributed by atoms with Crippen molar-refractivity contribution in [2.45, 2.75) is 0 Å². The summed E-state index contributed by atoms with van der Waals surface area (Å²) in [5, 5.41) is 19.5. The molecule has 198 valence electrons. The summed E-state index contributed by atoms with van der Waals surface area (Å²) in [5.41, 5.74) is 10.6. The Morgan fingerprint density at radius 1 is 0.805 bits per heavy atom. The van der Waals surface area contributed by atoms with Gasteiger partial charge in [-0.05, 0) is 64.5 Å². The maximum absolute atomic E-state index is 14.0. The number of nitrogen functional groups attached to an aromatic ring is 1. The zero-order chi connectivity index (χ0) is 27.9. The Morgan fingerprint density at radius 2 is 1.59 bits per heavy atom. The van der Waals surface area contributed by atoms with Crippen LogP contribution in [0.2, 0.25) is 5.02 Å². The van der Waals surface area contributed by atoms with Gasteiger partial charge in [-0.15, -0.1) is 5.10 Å². The van der Waals surface area contributed by atoms with Crippen LogP contribution in [0.5, 0.6) is 0 Å². The third-order valence-electron chi connectivity index (χ3n) is 6.66. The van der Waals surface area contributed by atoms with Gasteiger partial charge in [0.15, 0.2) is 11.5 Å². The van der Waals surface area contributed by atoms with Crippen LogP contribution in [-0.2, 0) is 0 Å². The molecule has 11 nitrogen and oxygen atoms in total. The maximum Gasteiger partial charge on any atom is 0.269 e. The first-order valence-electron chi connectivity index (χ1n) is 12.5. The van der Waals surface area contributed by atoms with Crippen LogP contribution in [0, 0.1) is 0 Å². The van der Waals surface area contributed by atoms with Gasteiger partial charge in [0.25, 0.3) is 5.56 Å². The minimum atomic E-state index is -0.263. The van der Waals surface area contributed by atoms with Crippen LogP contribution in [0.3, 0.4) is 0 Å². The van der Waals surface area contributed by atoms with Crippen LogP contribution in [0.15, 0.2) is 102 Å². The highest BCUT2D eigenvalue weighted by atomic mass is 35.5. The molecule has 0 unspecified atom stereocenters. The van der Waals surface area contributed by atoms with Gasteiger partial charge in [0.05, 0.1) is 17.6 Å². The molecule has 7 rings (SSSR count). The number of hydrogen-bond acceptors (Lipinski definition) is 8. The topological polar surface area (TPSA) is 146 Å². The number of H-pyrrole nitrogens is 1. The quantitative estimate of drug-likeness (QED) is 0.308. The molecule has 0 fully saturated rings. The van der Waals surface area contributed by atoms with Gasteiger partial charge in [-0.25, -0.2) is 19.7 Å². The second-order valence-corrected chi connectivity index (χ2v) is 9.63. The van der Waals surface area contributed by atoms with Crippen molar-refractivity contribution >= 4 is 28.5 Å². The smallest absolute Gasteiger partial charge is 0.269 e. The maximum atomic E-state index is 14.0. The fraction of sp³-hybridized carbons (Fsp3) is 0. The van der Waals surface area contributed by atoms with Gasteiger partial charge >= 0.3 is 0 Å². The number of anilines is 1. The number of aromatic nitrogens is 9. The van der Waals surface area contributed by atoms with Crippen molar-refractivity contribution in [3.05, 3.63) is 113 Å². The third-order valence-corrected chi connectivity index (χ3v) is 6.91. The summed E-state index contributed by atoms with van der Waals surface area (Å²) in [5.74, 6) is 1.41. The van der Waals surface area contributed by atoms with Crippen molar-refractivity contribution in [2.24, 2.45) is 0 Å². The van der Waals surface area contributed by atoms with Gasteiger partial charge in [0, 0.05) is 27.9 Å². The molecule has 7 aromatic rings. The van der Waals surface area contributed by atoms with Crippen molar-refractivity contribution in [2.75, 3.05) is 5.73 Å². The van der Waals surface area contributed by atoms with Crippen molar-refractivity contribution in [1.29, 1.82) is 0 Å². The van der Waals surface area contributed by atoms with Crippen molar-refractivity contribution in [3.8, 4) is 45.3 Å². The molecule has 3 aromatic carbocycles. The fourth-order valence-corrected chi connectivity index (χ4v) is 4.76. The number of tetrazole rings is 1. The van der Waals surface area contributed by atoms with Crippen molar-refractivity contribution < 1.29 is 0 Å². The van der Waals surface area contributed by atoms with Crippen LogP contribution in [-0.4, -0.2) is 44.9 Å². The summed E-state index contributed by atoms with van der Waals surface area (Å²) in [6, 6.07) is 26.0. The predicted octanol–water partition coefficient (Wildman–Crippen LogP) is 4.72. The molecule has 0 atom stereocenters. The molecular formula is C29H19ClN10O. The van der Waals surface area contributed by atoms with Crippen LogP contribution in [0.25, 0.3) is 56.3 Å². The Labute approximate surface area is 236 Å². The molecule has 0 saturated heterocycles. The summed E-state index contributed by atoms with van der Waals surface area (Å²) in [6.07, 6.45) is 3.25. The number of benzene rings is 3. The van der Waals surface area contributed by atoms with E-state index in [1.807, 2.05) is 54.6 Å². The zero-order valence-electron chi connectivity index (χ0n) is 21.2. The summed E-state index contributed by atoms with van der Waals surface area (Å²) >= 11 is 6.15. The molecule has 4 aromatic heterocycles. The fourth-order valence-electron chi connectivity index (χ4n) is 4.63. The van der Waals surface area contributed by atoms with E-state index >= 15 is 0 Å². The first-order chi connectivity index (χ1) is 20.0. The van der Waals surface area contributed by atoms with E-state index in [9.17, 15) is 4.79 Å². The monoisotopic (exact) mass is 558 g/mol. The first-order valence-corrected chi connectivity index (χ1v) is 12.9.